The molecule has 2 aliphatic heterocycles. The van der Waals surface area contributed by atoms with E-state index in [1.807, 2.05) is 0 Å². The lowest BCUT2D eigenvalue weighted by molar-refractivity contribution is -0.116. The maximum Gasteiger partial charge on any atom is 0.282 e. The standard InChI is InChI=1S/C17H23N3O5S2/c1-25-14-6-5-13(18-16(21)12-19-9-10-26-17(19)22)11-15(14)27(23,24)20-7-3-2-4-8-20/h5-6,11H,2-4,7-10,12H2,1H3,(H,18,21). The molecule has 0 aliphatic carbocycles. The second kappa shape index (κ2) is 8.49. The average Bonchev–Trinajstić information content (AvgIpc) is 3.07. The Morgan fingerprint density at radius 1 is 1.22 bits per heavy atom. The van der Waals surface area contributed by atoms with Gasteiger partial charge in [-0.1, -0.05) is 18.2 Å². The van der Waals surface area contributed by atoms with Crippen molar-refractivity contribution < 1.29 is 22.7 Å². The van der Waals surface area contributed by atoms with Crippen LogP contribution >= 0.6 is 11.8 Å². The van der Waals surface area contributed by atoms with Gasteiger partial charge in [-0.25, -0.2) is 8.42 Å². The summed E-state index contributed by atoms with van der Waals surface area (Å²) in [6.07, 6.45) is 2.69. The highest BCUT2D eigenvalue weighted by Crippen LogP contribution is 2.31. The fourth-order valence-electron chi connectivity index (χ4n) is 3.14. The summed E-state index contributed by atoms with van der Waals surface area (Å²) >= 11 is 1.19. The molecule has 0 spiro atoms. The number of carbonyl (C=O) groups excluding carboxylic acids is 2. The van der Waals surface area contributed by atoms with Crippen molar-refractivity contribution >= 4 is 38.6 Å². The fourth-order valence-corrected chi connectivity index (χ4v) is 5.67. The van der Waals surface area contributed by atoms with Crippen LogP contribution in [0.25, 0.3) is 0 Å². The minimum Gasteiger partial charge on any atom is -0.495 e. The second-order valence-corrected chi connectivity index (χ2v) is 9.37. The number of amides is 2. The highest BCUT2D eigenvalue weighted by Gasteiger charge is 2.29. The minimum absolute atomic E-state index is 0.0394. The van der Waals surface area contributed by atoms with Gasteiger partial charge < -0.3 is 15.0 Å². The number of carbonyl (C=O) groups is 2. The summed E-state index contributed by atoms with van der Waals surface area (Å²) in [6, 6.07) is 4.54. The minimum atomic E-state index is -3.71. The van der Waals surface area contributed by atoms with Crippen LogP contribution in [0.2, 0.25) is 0 Å². The molecular formula is C17H23N3O5S2. The maximum atomic E-state index is 13.0. The Kier molecular flexibility index (Phi) is 6.28. The number of nitrogens with one attached hydrogen (secondary N) is 1. The SMILES string of the molecule is COc1ccc(NC(=O)CN2CCSC2=O)cc1S(=O)(=O)N1CCCCC1. The molecule has 3 rings (SSSR count). The Morgan fingerprint density at radius 2 is 1.96 bits per heavy atom. The van der Waals surface area contributed by atoms with Crippen molar-refractivity contribution in [3.63, 3.8) is 0 Å². The Hall–Kier alpha value is -1.78. The molecule has 27 heavy (non-hydrogen) atoms. The third-order valence-electron chi connectivity index (χ3n) is 4.56. The zero-order valence-electron chi connectivity index (χ0n) is 15.1. The van der Waals surface area contributed by atoms with Gasteiger partial charge in [0, 0.05) is 31.1 Å². The molecule has 2 fully saturated rings. The third-order valence-corrected chi connectivity index (χ3v) is 7.37. The zero-order valence-corrected chi connectivity index (χ0v) is 16.8. The number of sulfonamides is 1. The zero-order chi connectivity index (χ0) is 19.4. The Labute approximate surface area is 163 Å². The molecule has 0 atom stereocenters. The molecule has 0 saturated carbocycles. The van der Waals surface area contributed by atoms with E-state index in [4.69, 9.17) is 4.74 Å². The van der Waals surface area contributed by atoms with E-state index in [-0.39, 0.29) is 28.3 Å². The lowest BCUT2D eigenvalue weighted by Crippen LogP contribution is -2.36. The molecule has 8 nitrogen and oxygen atoms in total. The van der Waals surface area contributed by atoms with E-state index < -0.39 is 10.0 Å². The van der Waals surface area contributed by atoms with Crippen molar-refractivity contribution in [2.45, 2.75) is 24.2 Å². The van der Waals surface area contributed by atoms with E-state index in [1.165, 1.54) is 40.2 Å². The molecule has 10 heteroatoms. The second-order valence-electron chi connectivity index (χ2n) is 6.41. The molecule has 1 aromatic rings. The lowest BCUT2D eigenvalue weighted by Gasteiger charge is -2.26. The molecular weight excluding hydrogens is 390 g/mol. The molecule has 0 unspecified atom stereocenters. The number of nitrogens with zero attached hydrogens (tertiary/aromatic N) is 2. The number of benzene rings is 1. The van der Waals surface area contributed by atoms with Crippen molar-refractivity contribution in [1.82, 2.24) is 9.21 Å². The number of methoxy groups -OCH3 is 1. The van der Waals surface area contributed by atoms with Gasteiger partial charge in [0.25, 0.3) is 5.24 Å². The first kappa shape index (κ1) is 20.0. The third kappa shape index (κ3) is 4.56. The highest BCUT2D eigenvalue weighted by atomic mass is 32.2. The summed E-state index contributed by atoms with van der Waals surface area (Å²) in [6.45, 7) is 1.45. The Balaban J connectivity index is 1.78. The van der Waals surface area contributed by atoms with Crippen LogP contribution in [0, 0.1) is 0 Å². The smallest absolute Gasteiger partial charge is 0.282 e. The van der Waals surface area contributed by atoms with E-state index in [2.05, 4.69) is 5.32 Å². The number of ether oxygens (including phenoxy) is 1. The van der Waals surface area contributed by atoms with Gasteiger partial charge in [0.1, 0.15) is 17.2 Å². The number of piperidine rings is 1. The number of rotatable bonds is 6. The predicted molar refractivity (Wildman–Crippen MR) is 104 cm³/mol. The van der Waals surface area contributed by atoms with Crippen molar-refractivity contribution in [1.29, 1.82) is 0 Å². The van der Waals surface area contributed by atoms with Gasteiger partial charge in [-0.2, -0.15) is 4.31 Å². The van der Waals surface area contributed by atoms with Crippen LogP contribution in [-0.2, 0) is 14.8 Å². The molecule has 1 N–H and O–H groups in total. The number of thioether (sulfide) groups is 1. The summed E-state index contributed by atoms with van der Waals surface area (Å²) in [4.78, 5) is 25.3. The van der Waals surface area contributed by atoms with Crippen LogP contribution in [-0.4, -0.2) is 67.8 Å². The van der Waals surface area contributed by atoms with Gasteiger partial charge in [-0.05, 0) is 31.0 Å². The first-order chi connectivity index (χ1) is 12.9. The first-order valence-corrected chi connectivity index (χ1v) is 11.2. The number of hydrogen-bond acceptors (Lipinski definition) is 6. The average molecular weight is 414 g/mol. The van der Waals surface area contributed by atoms with Crippen molar-refractivity contribution in [2.24, 2.45) is 0 Å². The molecule has 0 bridgehead atoms. The molecule has 2 amide bonds. The van der Waals surface area contributed by atoms with Gasteiger partial charge in [0.05, 0.1) is 7.11 Å². The Morgan fingerprint density at radius 3 is 2.59 bits per heavy atom. The van der Waals surface area contributed by atoms with E-state index in [1.54, 1.807) is 6.07 Å². The number of anilines is 1. The van der Waals surface area contributed by atoms with Crippen LogP contribution in [0.1, 0.15) is 19.3 Å². The fraction of sp³-hybridized carbons (Fsp3) is 0.529. The van der Waals surface area contributed by atoms with Gasteiger partial charge in [0.2, 0.25) is 15.9 Å². The highest BCUT2D eigenvalue weighted by molar-refractivity contribution is 8.13. The van der Waals surface area contributed by atoms with Crippen LogP contribution in [0.15, 0.2) is 23.1 Å². The quantitative estimate of drug-likeness (QED) is 0.766. The van der Waals surface area contributed by atoms with Crippen LogP contribution in [0.5, 0.6) is 5.75 Å². The van der Waals surface area contributed by atoms with Gasteiger partial charge in [-0.3, -0.25) is 9.59 Å². The van der Waals surface area contributed by atoms with Crippen molar-refractivity contribution in [3.05, 3.63) is 18.2 Å². The van der Waals surface area contributed by atoms with E-state index in [9.17, 15) is 18.0 Å². The van der Waals surface area contributed by atoms with E-state index in [0.717, 1.165) is 19.3 Å². The molecule has 2 aliphatic rings. The summed E-state index contributed by atoms with van der Waals surface area (Å²) in [5, 5.41) is 2.56. The summed E-state index contributed by atoms with van der Waals surface area (Å²) in [7, 11) is -2.29. The largest absolute Gasteiger partial charge is 0.495 e. The normalized spacial score (nSPS) is 18.6. The molecule has 0 aromatic heterocycles. The topological polar surface area (TPSA) is 96.0 Å². The van der Waals surface area contributed by atoms with Crippen LogP contribution in [0.3, 0.4) is 0 Å². The molecule has 148 valence electrons. The maximum absolute atomic E-state index is 13.0. The van der Waals surface area contributed by atoms with E-state index >= 15 is 0 Å². The van der Waals surface area contributed by atoms with Crippen LogP contribution < -0.4 is 10.1 Å². The van der Waals surface area contributed by atoms with Gasteiger partial charge in [-0.15, -0.1) is 0 Å². The Bertz CT molecular complexity index is 822. The first-order valence-electron chi connectivity index (χ1n) is 8.81. The lowest BCUT2D eigenvalue weighted by atomic mass is 10.2. The van der Waals surface area contributed by atoms with Gasteiger partial charge >= 0.3 is 0 Å². The van der Waals surface area contributed by atoms with E-state index in [0.29, 0.717) is 31.1 Å². The molecule has 2 saturated heterocycles. The van der Waals surface area contributed by atoms with Crippen molar-refractivity contribution in [3.8, 4) is 5.75 Å². The molecule has 2 heterocycles. The predicted octanol–water partition coefficient (Wildman–Crippen LogP) is 1.98. The van der Waals surface area contributed by atoms with Gasteiger partial charge in [0.15, 0.2) is 0 Å². The van der Waals surface area contributed by atoms with Crippen LogP contribution in [0.4, 0.5) is 10.5 Å². The summed E-state index contributed by atoms with van der Waals surface area (Å²) in [5.74, 6) is 0.550. The molecule has 1 aromatic carbocycles. The molecule has 0 radical (unpaired) electrons. The summed E-state index contributed by atoms with van der Waals surface area (Å²) in [5.41, 5.74) is 0.357. The number of hydrogen-bond donors (Lipinski definition) is 1. The van der Waals surface area contributed by atoms with Crippen molar-refractivity contribution in [2.75, 3.05) is 44.4 Å². The monoisotopic (exact) mass is 413 g/mol. The summed E-state index contributed by atoms with van der Waals surface area (Å²) < 4.78 is 32.7.